The maximum Gasteiger partial charge on any atom is 0.253 e. The molecule has 4 nitrogen and oxygen atoms in total. The third-order valence-corrected chi connectivity index (χ3v) is 3.94. The molecule has 3 aromatic rings. The Bertz CT molecular complexity index is 872. The van der Waals surface area contributed by atoms with Crippen molar-refractivity contribution in [3.8, 4) is 5.69 Å². The molecule has 0 saturated carbocycles. The Morgan fingerprint density at radius 3 is 2.71 bits per heavy atom. The topological polar surface area (TPSA) is 46.9 Å². The number of aryl methyl sites for hydroxylation is 1. The number of hydrogen-bond donors (Lipinski definition) is 1. The van der Waals surface area contributed by atoms with Crippen LogP contribution >= 0.6 is 0 Å². The lowest BCUT2D eigenvalue weighted by Crippen LogP contribution is -2.23. The molecule has 0 unspecified atom stereocenters. The number of amides is 1. The van der Waals surface area contributed by atoms with E-state index in [1.807, 2.05) is 26.0 Å². The Morgan fingerprint density at radius 1 is 1.21 bits per heavy atom. The second-order valence-electron chi connectivity index (χ2n) is 5.62. The van der Waals surface area contributed by atoms with E-state index in [0.29, 0.717) is 23.5 Å². The molecule has 0 bridgehead atoms. The van der Waals surface area contributed by atoms with Crippen molar-refractivity contribution in [3.05, 3.63) is 83.2 Å². The number of carbonyl (C=O) groups excluding carboxylic acids is 1. The van der Waals surface area contributed by atoms with Crippen molar-refractivity contribution in [3.63, 3.8) is 0 Å². The van der Waals surface area contributed by atoms with Gasteiger partial charge in [-0.15, -0.1) is 0 Å². The maximum atomic E-state index is 14.1. The Hall–Kier alpha value is -2.95. The molecule has 2 aromatic heterocycles. The number of aromatic nitrogens is 2. The molecule has 2 heterocycles. The highest BCUT2D eigenvalue weighted by atomic mass is 19.1. The predicted octanol–water partition coefficient (Wildman–Crippen LogP) is 3.56. The number of benzene rings is 1. The molecule has 1 aromatic carbocycles. The predicted molar refractivity (Wildman–Crippen MR) is 90.6 cm³/mol. The van der Waals surface area contributed by atoms with Crippen LogP contribution in [0.4, 0.5) is 4.39 Å². The van der Waals surface area contributed by atoms with Gasteiger partial charge >= 0.3 is 0 Å². The molecule has 122 valence electrons. The lowest BCUT2D eigenvalue weighted by Gasteiger charge is -2.11. The largest absolute Gasteiger partial charge is 0.348 e. The van der Waals surface area contributed by atoms with Crippen LogP contribution in [0.5, 0.6) is 0 Å². The summed E-state index contributed by atoms with van der Waals surface area (Å²) in [5.41, 5.74) is 3.43. The van der Waals surface area contributed by atoms with Crippen LogP contribution in [-0.2, 0) is 6.54 Å². The molecule has 24 heavy (non-hydrogen) atoms. The van der Waals surface area contributed by atoms with Gasteiger partial charge in [0.05, 0.1) is 11.3 Å². The van der Waals surface area contributed by atoms with Gasteiger partial charge in [0.2, 0.25) is 0 Å². The number of pyridine rings is 1. The molecule has 0 aliphatic heterocycles. The number of nitrogens with one attached hydrogen (secondary N) is 1. The van der Waals surface area contributed by atoms with Crippen molar-refractivity contribution in [1.29, 1.82) is 0 Å². The molecule has 1 amide bonds. The molecule has 0 fully saturated rings. The average Bonchev–Trinajstić information content (AvgIpc) is 2.89. The van der Waals surface area contributed by atoms with Crippen LogP contribution < -0.4 is 5.32 Å². The van der Waals surface area contributed by atoms with Crippen molar-refractivity contribution in [2.75, 3.05) is 0 Å². The number of para-hydroxylation sites is 1. The fourth-order valence-corrected chi connectivity index (χ4v) is 2.78. The molecular formula is C19H18FN3O. The first-order chi connectivity index (χ1) is 11.6. The van der Waals surface area contributed by atoms with Gasteiger partial charge in [0.25, 0.3) is 5.91 Å². The van der Waals surface area contributed by atoms with E-state index in [0.717, 1.165) is 11.3 Å². The van der Waals surface area contributed by atoms with Gasteiger partial charge < -0.3 is 9.88 Å². The zero-order chi connectivity index (χ0) is 17.1. The van der Waals surface area contributed by atoms with Gasteiger partial charge in [0, 0.05) is 30.3 Å². The summed E-state index contributed by atoms with van der Waals surface area (Å²) >= 11 is 0. The minimum atomic E-state index is -0.318. The Morgan fingerprint density at radius 2 is 2.00 bits per heavy atom. The second-order valence-corrected chi connectivity index (χ2v) is 5.62. The molecule has 0 radical (unpaired) electrons. The summed E-state index contributed by atoms with van der Waals surface area (Å²) < 4.78 is 15.8. The monoisotopic (exact) mass is 323 g/mol. The third kappa shape index (κ3) is 3.06. The molecule has 0 saturated heterocycles. The number of hydrogen-bond acceptors (Lipinski definition) is 2. The summed E-state index contributed by atoms with van der Waals surface area (Å²) in [6.07, 6.45) is 3.40. The number of nitrogens with zero attached hydrogens (tertiary/aromatic N) is 2. The van der Waals surface area contributed by atoms with Crippen molar-refractivity contribution < 1.29 is 9.18 Å². The minimum absolute atomic E-state index is 0.186. The highest BCUT2D eigenvalue weighted by Crippen LogP contribution is 2.22. The molecule has 3 rings (SSSR count). The van der Waals surface area contributed by atoms with Crippen LogP contribution in [0.2, 0.25) is 0 Å². The van der Waals surface area contributed by atoms with Gasteiger partial charge in [-0.05, 0) is 43.7 Å². The fourth-order valence-electron chi connectivity index (χ4n) is 2.78. The molecule has 0 aliphatic carbocycles. The summed E-state index contributed by atoms with van der Waals surface area (Å²) in [6, 6.07) is 12.0. The van der Waals surface area contributed by atoms with Gasteiger partial charge in [-0.3, -0.25) is 9.78 Å². The van der Waals surface area contributed by atoms with Crippen molar-refractivity contribution >= 4 is 5.91 Å². The first-order valence-corrected chi connectivity index (χ1v) is 7.69. The quantitative estimate of drug-likeness (QED) is 0.798. The summed E-state index contributed by atoms with van der Waals surface area (Å²) in [7, 11) is 0. The number of carbonyl (C=O) groups is 1. The molecule has 1 N–H and O–H groups in total. The lowest BCUT2D eigenvalue weighted by molar-refractivity contribution is 0.0950. The molecule has 0 atom stereocenters. The molecule has 5 heteroatoms. The van der Waals surface area contributed by atoms with Gasteiger partial charge in [0.15, 0.2) is 0 Å². The van der Waals surface area contributed by atoms with E-state index in [1.54, 1.807) is 41.2 Å². The summed E-state index contributed by atoms with van der Waals surface area (Å²) in [4.78, 5) is 16.5. The van der Waals surface area contributed by atoms with Crippen LogP contribution in [0.3, 0.4) is 0 Å². The van der Waals surface area contributed by atoms with Crippen LogP contribution in [-0.4, -0.2) is 15.5 Å². The smallest absolute Gasteiger partial charge is 0.253 e. The van der Waals surface area contributed by atoms with Crippen LogP contribution in [0.25, 0.3) is 5.69 Å². The van der Waals surface area contributed by atoms with Gasteiger partial charge in [-0.2, -0.15) is 0 Å². The SMILES string of the molecule is Cc1cc(C(=O)NCc2cccnc2)c(C)n1-c1ccccc1F. The van der Waals surface area contributed by atoms with E-state index in [-0.39, 0.29) is 11.7 Å². The van der Waals surface area contributed by atoms with E-state index in [4.69, 9.17) is 0 Å². The van der Waals surface area contributed by atoms with Gasteiger partial charge in [0.1, 0.15) is 5.82 Å². The number of rotatable bonds is 4. The first-order valence-electron chi connectivity index (χ1n) is 7.69. The Labute approximate surface area is 140 Å². The van der Waals surface area contributed by atoms with Crippen LogP contribution in [0.15, 0.2) is 54.9 Å². The van der Waals surface area contributed by atoms with Crippen LogP contribution in [0, 0.1) is 19.7 Å². The third-order valence-electron chi connectivity index (χ3n) is 3.94. The number of halogens is 1. The highest BCUT2D eigenvalue weighted by Gasteiger charge is 2.18. The first kappa shape index (κ1) is 15.9. The van der Waals surface area contributed by atoms with Crippen molar-refractivity contribution in [1.82, 2.24) is 14.9 Å². The Balaban J connectivity index is 1.86. The van der Waals surface area contributed by atoms with Crippen LogP contribution in [0.1, 0.15) is 27.3 Å². The zero-order valence-electron chi connectivity index (χ0n) is 13.6. The van der Waals surface area contributed by atoms with Crippen molar-refractivity contribution in [2.45, 2.75) is 20.4 Å². The van der Waals surface area contributed by atoms with Crippen molar-refractivity contribution in [2.24, 2.45) is 0 Å². The molecular weight excluding hydrogens is 305 g/mol. The summed E-state index contributed by atoms with van der Waals surface area (Å²) in [5.74, 6) is -0.504. The normalized spacial score (nSPS) is 10.6. The van der Waals surface area contributed by atoms with E-state index in [2.05, 4.69) is 10.3 Å². The average molecular weight is 323 g/mol. The van der Waals surface area contributed by atoms with E-state index in [1.165, 1.54) is 6.07 Å². The zero-order valence-corrected chi connectivity index (χ0v) is 13.6. The van der Waals surface area contributed by atoms with E-state index < -0.39 is 0 Å². The second kappa shape index (κ2) is 6.66. The molecule has 0 spiro atoms. The highest BCUT2D eigenvalue weighted by molar-refractivity contribution is 5.95. The van der Waals surface area contributed by atoms with E-state index >= 15 is 0 Å². The summed E-state index contributed by atoms with van der Waals surface area (Å²) in [6.45, 7) is 4.08. The minimum Gasteiger partial charge on any atom is -0.348 e. The molecule has 0 aliphatic rings. The standard InChI is InChI=1S/C19H18FN3O/c1-13-10-16(19(24)22-12-15-6-5-9-21-11-15)14(2)23(13)18-8-4-3-7-17(18)20/h3-11H,12H2,1-2H3,(H,22,24). The summed E-state index contributed by atoms with van der Waals surface area (Å²) in [5, 5.41) is 2.88. The lowest BCUT2D eigenvalue weighted by atomic mass is 10.2. The fraction of sp³-hybridized carbons (Fsp3) is 0.158. The van der Waals surface area contributed by atoms with Gasteiger partial charge in [-0.25, -0.2) is 4.39 Å². The van der Waals surface area contributed by atoms with Gasteiger partial charge in [-0.1, -0.05) is 18.2 Å². The van der Waals surface area contributed by atoms with E-state index in [9.17, 15) is 9.18 Å². The Kier molecular flexibility index (Phi) is 4.42. The maximum absolute atomic E-state index is 14.1.